The fourth-order valence-corrected chi connectivity index (χ4v) is 3.48. The summed E-state index contributed by atoms with van der Waals surface area (Å²) in [4.78, 5) is 2.66. The first kappa shape index (κ1) is 11.1. The molecule has 2 aliphatic rings. The molecule has 1 saturated heterocycles. The van der Waals surface area contributed by atoms with Gasteiger partial charge >= 0.3 is 0 Å². The molecule has 92 valence electrons. The van der Waals surface area contributed by atoms with Gasteiger partial charge in [-0.05, 0) is 62.4 Å². The molecule has 1 atom stereocenters. The number of anilines is 1. The summed E-state index contributed by atoms with van der Waals surface area (Å²) >= 11 is 0. The molecule has 2 N–H and O–H groups in total. The average Bonchev–Trinajstić information content (AvgIpc) is 2.39. The van der Waals surface area contributed by atoms with Crippen molar-refractivity contribution in [3.05, 3.63) is 29.3 Å². The number of hydrogen-bond donors (Lipinski definition) is 1. The van der Waals surface area contributed by atoms with Crippen molar-refractivity contribution in [3.63, 3.8) is 0 Å². The van der Waals surface area contributed by atoms with Gasteiger partial charge in [0.05, 0.1) is 0 Å². The third kappa shape index (κ3) is 2.06. The zero-order valence-electron chi connectivity index (χ0n) is 10.5. The summed E-state index contributed by atoms with van der Waals surface area (Å²) in [5, 5.41) is 0. The molecule has 2 heteroatoms. The van der Waals surface area contributed by atoms with Crippen LogP contribution in [0.15, 0.2) is 18.2 Å². The van der Waals surface area contributed by atoms with Gasteiger partial charge in [-0.1, -0.05) is 18.6 Å². The lowest BCUT2D eigenvalue weighted by atomic mass is 9.85. The van der Waals surface area contributed by atoms with Crippen LogP contribution in [0.3, 0.4) is 0 Å². The van der Waals surface area contributed by atoms with E-state index in [9.17, 15) is 0 Å². The van der Waals surface area contributed by atoms with Crippen molar-refractivity contribution in [3.8, 4) is 0 Å². The van der Waals surface area contributed by atoms with Gasteiger partial charge < -0.3 is 5.73 Å². The minimum Gasteiger partial charge on any atom is -0.398 e. The van der Waals surface area contributed by atoms with Crippen LogP contribution < -0.4 is 5.73 Å². The number of piperidine rings is 1. The second kappa shape index (κ2) is 4.69. The lowest BCUT2D eigenvalue weighted by Crippen LogP contribution is -2.35. The van der Waals surface area contributed by atoms with E-state index in [1.165, 1.54) is 62.7 Å². The molecule has 17 heavy (non-hydrogen) atoms. The molecule has 0 spiro atoms. The van der Waals surface area contributed by atoms with Crippen LogP contribution in [0.25, 0.3) is 0 Å². The topological polar surface area (TPSA) is 29.3 Å². The lowest BCUT2D eigenvalue weighted by Gasteiger charge is -2.38. The molecule has 0 saturated carbocycles. The Morgan fingerprint density at radius 3 is 2.71 bits per heavy atom. The summed E-state index contributed by atoms with van der Waals surface area (Å²) < 4.78 is 0. The van der Waals surface area contributed by atoms with Crippen LogP contribution in [0.4, 0.5) is 5.69 Å². The quantitative estimate of drug-likeness (QED) is 0.751. The highest BCUT2D eigenvalue weighted by Crippen LogP contribution is 2.38. The number of nitrogens with two attached hydrogens (primary N) is 1. The highest BCUT2D eigenvalue weighted by atomic mass is 15.2. The van der Waals surface area contributed by atoms with E-state index < -0.39 is 0 Å². The zero-order valence-corrected chi connectivity index (χ0v) is 10.5. The third-order valence-corrected chi connectivity index (χ3v) is 4.32. The number of hydrogen-bond acceptors (Lipinski definition) is 2. The normalized spacial score (nSPS) is 25.5. The molecule has 1 aliphatic heterocycles. The van der Waals surface area contributed by atoms with E-state index in [0.29, 0.717) is 6.04 Å². The van der Waals surface area contributed by atoms with Crippen molar-refractivity contribution in [2.45, 2.75) is 44.6 Å². The molecular formula is C15H22N2. The van der Waals surface area contributed by atoms with Gasteiger partial charge in [-0.3, -0.25) is 4.90 Å². The van der Waals surface area contributed by atoms with Gasteiger partial charge in [0.25, 0.3) is 0 Å². The van der Waals surface area contributed by atoms with E-state index in [1.54, 1.807) is 0 Å². The Morgan fingerprint density at radius 1 is 1.06 bits per heavy atom. The molecule has 3 rings (SSSR count). The second-order valence-electron chi connectivity index (χ2n) is 5.42. The number of likely N-dealkylation sites (tertiary alicyclic amines) is 1. The monoisotopic (exact) mass is 230 g/mol. The maximum absolute atomic E-state index is 6.21. The van der Waals surface area contributed by atoms with Crippen LogP contribution in [0.5, 0.6) is 0 Å². The van der Waals surface area contributed by atoms with Crippen LogP contribution in [-0.2, 0) is 6.42 Å². The van der Waals surface area contributed by atoms with Crippen LogP contribution in [0, 0.1) is 0 Å². The molecule has 2 nitrogen and oxygen atoms in total. The van der Waals surface area contributed by atoms with Crippen LogP contribution in [-0.4, -0.2) is 18.0 Å². The van der Waals surface area contributed by atoms with E-state index in [4.69, 9.17) is 5.73 Å². The predicted octanol–water partition coefficient (Wildman–Crippen LogP) is 3.13. The zero-order chi connectivity index (χ0) is 11.7. The highest BCUT2D eigenvalue weighted by molar-refractivity contribution is 5.53. The highest BCUT2D eigenvalue weighted by Gasteiger charge is 2.28. The van der Waals surface area contributed by atoms with Crippen molar-refractivity contribution >= 4 is 5.69 Å². The average molecular weight is 230 g/mol. The van der Waals surface area contributed by atoms with Gasteiger partial charge in [0.15, 0.2) is 0 Å². The SMILES string of the molecule is Nc1cccc2c1C(N1CCCCC1)CCC2. The van der Waals surface area contributed by atoms with Crippen LogP contribution >= 0.6 is 0 Å². The number of nitrogen functional groups attached to an aromatic ring is 1. The van der Waals surface area contributed by atoms with Crippen LogP contribution in [0.1, 0.15) is 49.3 Å². The Hall–Kier alpha value is -1.02. The number of benzene rings is 1. The van der Waals surface area contributed by atoms with Crippen molar-refractivity contribution in [2.75, 3.05) is 18.8 Å². The van der Waals surface area contributed by atoms with Crippen molar-refractivity contribution in [1.82, 2.24) is 4.90 Å². The van der Waals surface area contributed by atoms with E-state index in [2.05, 4.69) is 23.1 Å². The minimum atomic E-state index is 0.597. The summed E-state index contributed by atoms with van der Waals surface area (Å²) in [5.74, 6) is 0. The Morgan fingerprint density at radius 2 is 1.88 bits per heavy atom. The van der Waals surface area contributed by atoms with E-state index in [-0.39, 0.29) is 0 Å². The number of aryl methyl sites for hydroxylation is 1. The Balaban J connectivity index is 1.92. The van der Waals surface area contributed by atoms with Gasteiger partial charge in [-0.25, -0.2) is 0 Å². The van der Waals surface area contributed by atoms with Gasteiger partial charge in [0.2, 0.25) is 0 Å². The Labute approximate surface area is 104 Å². The van der Waals surface area contributed by atoms with E-state index in [1.807, 2.05) is 0 Å². The molecule has 1 heterocycles. The molecule has 1 aliphatic carbocycles. The van der Waals surface area contributed by atoms with Crippen LogP contribution in [0.2, 0.25) is 0 Å². The first-order valence-corrected chi connectivity index (χ1v) is 6.97. The Bertz CT molecular complexity index is 394. The summed E-state index contributed by atoms with van der Waals surface area (Å²) in [5.41, 5.74) is 10.2. The van der Waals surface area contributed by atoms with Gasteiger partial charge in [0, 0.05) is 11.7 Å². The third-order valence-electron chi connectivity index (χ3n) is 4.32. The molecule has 1 fully saturated rings. The Kier molecular flexibility index (Phi) is 3.06. The molecule has 1 aromatic rings. The summed E-state index contributed by atoms with van der Waals surface area (Å²) in [6.07, 6.45) is 7.95. The van der Waals surface area contributed by atoms with Gasteiger partial charge in [0.1, 0.15) is 0 Å². The number of fused-ring (bicyclic) bond motifs is 1. The largest absolute Gasteiger partial charge is 0.398 e. The first-order valence-electron chi connectivity index (χ1n) is 6.97. The first-order chi connectivity index (χ1) is 8.36. The maximum atomic E-state index is 6.21. The molecular weight excluding hydrogens is 208 g/mol. The molecule has 0 bridgehead atoms. The molecule has 1 unspecified atom stereocenters. The molecule has 0 radical (unpaired) electrons. The predicted molar refractivity (Wildman–Crippen MR) is 72.0 cm³/mol. The fourth-order valence-electron chi connectivity index (χ4n) is 3.48. The van der Waals surface area contributed by atoms with Crippen molar-refractivity contribution in [2.24, 2.45) is 0 Å². The number of rotatable bonds is 1. The fraction of sp³-hybridized carbons (Fsp3) is 0.600. The lowest BCUT2D eigenvalue weighted by molar-refractivity contribution is 0.149. The summed E-state index contributed by atoms with van der Waals surface area (Å²) in [6, 6.07) is 7.04. The standard InChI is InChI=1S/C15H22N2/c16-13-8-4-6-12-7-5-9-14(15(12)13)17-10-2-1-3-11-17/h4,6,8,14H,1-3,5,7,9-11,16H2. The molecule has 0 aromatic heterocycles. The molecule has 1 aromatic carbocycles. The maximum Gasteiger partial charge on any atom is 0.0371 e. The molecule has 0 amide bonds. The van der Waals surface area contributed by atoms with Gasteiger partial charge in [-0.15, -0.1) is 0 Å². The van der Waals surface area contributed by atoms with E-state index >= 15 is 0 Å². The van der Waals surface area contributed by atoms with Crippen molar-refractivity contribution < 1.29 is 0 Å². The number of nitrogens with zero attached hydrogens (tertiary/aromatic N) is 1. The van der Waals surface area contributed by atoms with E-state index in [0.717, 1.165) is 5.69 Å². The van der Waals surface area contributed by atoms with Crippen molar-refractivity contribution in [1.29, 1.82) is 0 Å². The second-order valence-corrected chi connectivity index (χ2v) is 5.42. The summed E-state index contributed by atoms with van der Waals surface area (Å²) in [7, 11) is 0. The van der Waals surface area contributed by atoms with Gasteiger partial charge in [-0.2, -0.15) is 0 Å². The summed E-state index contributed by atoms with van der Waals surface area (Å²) in [6.45, 7) is 2.52. The minimum absolute atomic E-state index is 0.597. The smallest absolute Gasteiger partial charge is 0.0371 e.